The summed E-state index contributed by atoms with van der Waals surface area (Å²) < 4.78 is 4.68. The molecule has 2 bridgehead atoms. The zero-order valence-corrected chi connectivity index (χ0v) is 8.10. The molecule has 2 aliphatic carbocycles. The van der Waals surface area contributed by atoms with Gasteiger partial charge in [-0.15, -0.1) is 0 Å². The molecule has 2 fully saturated rings. The summed E-state index contributed by atoms with van der Waals surface area (Å²) in [5, 5.41) is 9.01. The zero-order chi connectivity index (χ0) is 10.3. The number of esters is 1. The van der Waals surface area contributed by atoms with Crippen molar-refractivity contribution < 1.29 is 19.4 Å². The molecule has 0 radical (unpaired) electrons. The lowest BCUT2D eigenvalue weighted by molar-refractivity contribution is -0.148. The van der Waals surface area contributed by atoms with E-state index in [4.69, 9.17) is 5.11 Å². The SMILES string of the molecule is COC(=O)C1CC2CCC1C2C(=O)O. The molecule has 2 aliphatic rings. The Labute approximate surface area is 82.2 Å². The van der Waals surface area contributed by atoms with Crippen molar-refractivity contribution in [3.63, 3.8) is 0 Å². The van der Waals surface area contributed by atoms with Crippen LogP contribution in [0.2, 0.25) is 0 Å². The molecule has 0 aromatic carbocycles. The van der Waals surface area contributed by atoms with Gasteiger partial charge >= 0.3 is 11.9 Å². The van der Waals surface area contributed by atoms with E-state index in [0.717, 1.165) is 12.8 Å². The highest BCUT2D eigenvalue weighted by molar-refractivity contribution is 5.78. The van der Waals surface area contributed by atoms with Gasteiger partial charge in [-0.2, -0.15) is 0 Å². The fourth-order valence-corrected chi connectivity index (χ4v) is 3.14. The Hall–Kier alpha value is -1.06. The van der Waals surface area contributed by atoms with E-state index in [9.17, 15) is 9.59 Å². The van der Waals surface area contributed by atoms with Crippen molar-refractivity contribution in [3.05, 3.63) is 0 Å². The highest BCUT2D eigenvalue weighted by atomic mass is 16.5. The van der Waals surface area contributed by atoms with E-state index < -0.39 is 5.97 Å². The van der Waals surface area contributed by atoms with Crippen LogP contribution in [0.4, 0.5) is 0 Å². The summed E-state index contributed by atoms with van der Waals surface area (Å²) in [4.78, 5) is 22.3. The van der Waals surface area contributed by atoms with Crippen molar-refractivity contribution in [3.8, 4) is 0 Å². The summed E-state index contributed by atoms with van der Waals surface area (Å²) in [6.45, 7) is 0. The van der Waals surface area contributed by atoms with Gasteiger partial charge in [0, 0.05) is 0 Å². The summed E-state index contributed by atoms with van der Waals surface area (Å²) in [6, 6.07) is 0. The van der Waals surface area contributed by atoms with Gasteiger partial charge in [0.25, 0.3) is 0 Å². The molecular formula is C10H14O4. The monoisotopic (exact) mass is 198 g/mol. The van der Waals surface area contributed by atoms with E-state index in [1.807, 2.05) is 0 Å². The van der Waals surface area contributed by atoms with E-state index in [0.29, 0.717) is 6.42 Å². The maximum atomic E-state index is 11.4. The fourth-order valence-electron chi connectivity index (χ4n) is 3.14. The number of carboxylic acid groups (broad SMARTS) is 1. The zero-order valence-electron chi connectivity index (χ0n) is 8.10. The average molecular weight is 198 g/mol. The standard InChI is InChI=1S/C10H14O4/c1-14-10(13)7-4-5-2-3-6(7)8(5)9(11)12/h5-8H,2-4H2,1H3,(H,11,12). The van der Waals surface area contributed by atoms with E-state index in [1.165, 1.54) is 7.11 Å². The normalized spacial score (nSPS) is 39.8. The first-order valence-electron chi connectivity index (χ1n) is 4.95. The summed E-state index contributed by atoms with van der Waals surface area (Å²) in [5.74, 6) is -1.24. The van der Waals surface area contributed by atoms with Crippen LogP contribution in [-0.4, -0.2) is 24.2 Å². The number of carbonyl (C=O) groups is 2. The van der Waals surface area contributed by atoms with E-state index in [2.05, 4.69) is 4.74 Å². The largest absolute Gasteiger partial charge is 0.481 e. The Morgan fingerprint density at radius 3 is 2.57 bits per heavy atom. The molecule has 4 atom stereocenters. The first-order chi connectivity index (χ1) is 6.65. The summed E-state index contributed by atoms with van der Waals surface area (Å²) >= 11 is 0. The lowest BCUT2D eigenvalue weighted by atomic mass is 9.88. The molecule has 2 rings (SSSR count). The number of aliphatic carboxylic acids is 1. The van der Waals surface area contributed by atoms with Crippen molar-refractivity contribution in [2.75, 3.05) is 7.11 Å². The van der Waals surface area contributed by atoms with Crippen molar-refractivity contribution >= 4 is 11.9 Å². The van der Waals surface area contributed by atoms with Gasteiger partial charge in [0.15, 0.2) is 0 Å². The van der Waals surface area contributed by atoms with Crippen molar-refractivity contribution in [2.45, 2.75) is 19.3 Å². The van der Waals surface area contributed by atoms with E-state index >= 15 is 0 Å². The van der Waals surface area contributed by atoms with Crippen LogP contribution in [0.25, 0.3) is 0 Å². The molecule has 4 heteroatoms. The molecule has 14 heavy (non-hydrogen) atoms. The summed E-state index contributed by atoms with van der Waals surface area (Å²) in [5.41, 5.74) is 0. The number of methoxy groups -OCH3 is 1. The third kappa shape index (κ3) is 1.21. The molecule has 0 aliphatic heterocycles. The summed E-state index contributed by atoms with van der Waals surface area (Å²) in [7, 11) is 1.37. The molecule has 1 N–H and O–H groups in total. The average Bonchev–Trinajstić information content (AvgIpc) is 2.72. The minimum atomic E-state index is -0.746. The molecular weight excluding hydrogens is 184 g/mol. The Morgan fingerprint density at radius 2 is 2.07 bits per heavy atom. The number of ether oxygens (including phenoxy) is 1. The lowest BCUT2D eigenvalue weighted by Gasteiger charge is -2.18. The second-order valence-corrected chi connectivity index (χ2v) is 4.23. The first-order valence-corrected chi connectivity index (χ1v) is 4.95. The van der Waals surface area contributed by atoms with Gasteiger partial charge in [0.05, 0.1) is 18.9 Å². The maximum Gasteiger partial charge on any atom is 0.308 e. The molecule has 2 saturated carbocycles. The van der Waals surface area contributed by atoms with Crippen LogP contribution in [0.1, 0.15) is 19.3 Å². The minimum Gasteiger partial charge on any atom is -0.481 e. The molecule has 0 amide bonds. The molecule has 0 spiro atoms. The van der Waals surface area contributed by atoms with Crippen LogP contribution in [0.5, 0.6) is 0 Å². The highest BCUT2D eigenvalue weighted by Gasteiger charge is 2.54. The van der Waals surface area contributed by atoms with Gasteiger partial charge in [-0.05, 0) is 31.1 Å². The number of hydrogen-bond acceptors (Lipinski definition) is 3. The Bertz CT molecular complexity index is 273. The van der Waals surface area contributed by atoms with Crippen LogP contribution in [0.15, 0.2) is 0 Å². The van der Waals surface area contributed by atoms with Crippen molar-refractivity contribution in [1.29, 1.82) is 0 Å². The summed E-state index contributed by atoms with van der Waals surface area (Å²) in [6.07, 6.45) is 2.52. The van der Waals surface area contributed by atoms with Crippen LogP contribution in [0, 0.1) is 23.7 Å². The van der Waals surface area contributed by atoms with Gasteiger partial charge in [-0.25, -0.2) is 0 Å². The number of carboxylic acids is 1. The van der Waals surface area contributed by atoms with Crippen molar-refractivity contribution in [1.82, 2.24) is 0 Å². The second-order valence-electron chi connectivity index (χ2n) is 4.23. The van der Waals surface area contributed by atoms with Crippen LogP contribution in [0.3, 0.4) is 0 Å². The van der Waals surface area contributed by atoms with Gasteiger partial charge in [-0.1, -0.05) is 0 Å². The molecule has 0 aromatic rings. The third-order valence-corrected chi connectivity index (χ3v) is 3.70. The van der Waals surface area contributed by atoms with E-state index in [1.54, 1.807) is 0 Å². The molecule has 78 valence electrons. The molecule has 4 unspecified atom stereocenters. The third-order valence-electron chi connectivity index (χ3n) is 3.70. The smallest absolute Gasteiger partial charge is 0.308 e. The number of carbonyl (C=O) groups excluding carboxylic acids is 1. The first kappa shape index (κ1) is 9.49. The second kappa shape index (κ2) is 3.26. The number of rotatable bonds is 2. The molecule has 0 heterocycles. The highest BCUT2D eigenvalue weighted by Crippen LogP contribution is 2.53. The minimum absolute atomic E-state index is 0.0185. The Balaban J connectivity index is 2.15. The van der Waals surface area contributed by atoms with Gasteiger partial charge in [-0.3, -0.25) is 9.59 Å². The Morgan fingerprint density at radius 1 is 1.36 bits per heavy atom. The Kier molecular flexibility index (Phi) is 2.21. The van der Waals surface area contributed by atoms with Crippen LogP contribution >= 0.6 is 0 Å². The van der Waals surface area contributed by atoms with Gasteiger partial charge in [0.1, 0.15) is 0 Å². The number of fused-ring (bicyclic) bond motifs is 2. The van der Waals surface area contributed by atoms with Crippen LogP contribution < -0.4 is 0 Å². The predicted octanol–water partition coefficient (Wildman–Crippen LogP) is 0.906. The van der Waals surface area contributed by atoms with E-state index in [-0.39, 0.29) is 29.6 Å². The molecule has 0 saturated heterocycles. The maximum absolute atomic E-state index is 11.4. The van der Waals surface area contributed by atoms with Crippen LogP contribution in [-0.2, 0) is 14.3 Å². The molecule has 0 aromatic heterocycles. The van der Waals surface area contributed by atoms with Gasteiger partial charge < -0.3 is 9.84 Å². The topological polar surface area (TPSA) is 63.6 Å². The quantitative estimate of drug-likeness (QED) is 0.670. The number of hydrogen-bond donors (Lipinski definition) is 1. The predicted molar refractivity (Wildman–Crippen MR) is 47.5 cm³/mol. The van der Waals surface area contributed by atoms with Gasteiger partial charge in [0.2, 0.25) is 0 Å². The fraction of sp³-hybridized carbons (Fsp3) is 0.800. The van der Waals surface area contributed by atoms with Crippen molar-refractivity contribution in [2.24, 2.45) is 23.7 Å². The lowest BCUT2D eigenvalue weighted by Crippen LogP contribution is -2.25. The molecule has 4 nitrogen and oxygen atoms in total.